The van der Waals surface area contributed by atoms with Crippen LogP contribution in [-0.4, -0.2) is 38.6 Å². The summed E-state index contributed by atoms with van der Waals surface area (Å²) in [7, 11) is 5.64. The fourth-order valence-corrected chi connectivity index (χ4v) is 4.54. The summed E-state index contributed by atoms with van der Waals surface area (Å²) in [5.41, 5.74) is 2.26. The minimum atomic E-state index is -0.140. The first-order chi connectivity index (χ1) is 12.9. The Kier molecular flexibility index (Phi) is 6.05. The number of fused-ring (bicyclic) bond motifs is 1. The first kappa shape index (κ1) is 19.7. The van der Waals surface area contributed by atoms with Crippen LogP contribution in [0.1, 0.15) is 26.8 Å². The van der Waals surface area contributed by atoms with E-state index < -0.39 is 0 Å². The van der Waals surface area contributed by atoms with Crippen LogP contribution in [0.3, 0.4) is 0 Å². The zero-order valence-electron chi connectivity index (χ0n) is 15.9. The molecular formula is C21H23ClN2O2S. The topological polar surface area (TPSA) is 41.6 Å². The number of nitrogens with one attached hydrogen (secondary N) is 1. The van der Waals surface area contributed by atoms with Crippen molar-refractivity contribution in [1.82, 2.24) is 10.2 Å². The van der Waals surface area contributed by atoms with Crippen LogP contribution in [0.5, 0.6) is 5.75 Å². The number of aryl methyl sites for hydroxylation is 1. The molecule has 3 rings (SSSR count). The summed E-state index contributed by atoms with van der Waals surface area (Å²) in [6, 6.07) is 14.0. The predicted octanol–water partition coefficient (Wildman–Crippen LogP) is 4.90. The molecule has 1 N–H and O–H groups in total. The molecule has 0 bridgehead atoms. The molecule has 1 atom stereocenters. The minimum Gasteiger partial charge on any atom is -0.497 e. The van der Waals surface area contributed by atoms with E-state index in [1.165, 1.54) is 11.3 Å². The molecule has 0 aliphatic carbocycles. The van der Waals surface area contributed by atoms with E-state index in [0.717, 1.165) is 27.0 Å². The van der Waals surface area contributed by atoms with Gasteiger partial charge in [-0.15, -0.1) is 11.3 Å². The van der Waals surface area contributed by atoms with E-state index >= 15 is 0 Å². The Morgan fingerprint density at radius 3 is 2.56 bits per heavy atom. The number of thiophene rings is 1. The summed E-state index contributed by atoms with van der Waals surface area (Å²) in [6.07, 6.45) is 0. The van der Waals surface area contributed by atoms with Gasteiger partial charge >= 0.3 is 0 Å². The molecular weight excluding hydrogens is 380 g/mol. The molecule has 2 aromatic carbocycles. The zero-order valence-corrected chi connectivity index (χ0v) is 17.4. The Morgan fingerprint density at radius 1 is 1.22 bits per heavy atom. The van der Waals surface area contributed by atoms with Crippen molar-refractivity contribution < 1.29 is 9.53 Å². The number of halogens is 1. The van der Waals surface area contributed by atoms with E-state index in [9.17, 15) is 4.79 Å². The van der Waals surface area contributed by atoms with Gasteiger partial charge in [-0.2, -0.15) is 0 Å². The Labute approximate surface area is 168 Å². The molecule has 6 heteroatoms. The van der Waals surface area contributed by atoms with E-state index in [0.29, 0.717) is 16.4 Å². The number of carbonyl (C=O) groups excluding carboxylic acids is 1. The summed E-state index contributed by atoms with van der Waals surface area (Å²) in [5, 5.41) is 4.49. The van der Waals surface area contributed by atoms with Gasteiger partial charge in [-0.1, -0.05) is 35.9 Å². The molecule has 0 unspecified atom stereocenters. The average Bonchev–Trinajstić information content (AvgIpc) is 2.98. The third-order valence-electron chi connectivity index (χ3n) is 4.57. The van der Waals surface area contributed by atoms with Crippen molar-refractivity contribution in [1.29, 1.82) is 0 Å². The lowest BCUT2D eigenvalue weighted by atomic mass is 10.1. The summed E-state index contributed by atoms with van der Waals surface area (Å²) < 4.78 is 6.25. The van der Waals surface area contributed by atoms with Gasteiger partial charge in [0.15, 0.2) is 0 Å². The van der Waals surface area contributed by atoms with Crippen molar-refractivity contribution in [2.24, 2.45) is 0 Å². The quantitative estimate of drug-likeness (QED) is 0.637. The van der Waals surface area contributed by atoms with E-state index in [2.05, 4.69) is 16.3 Å². The van der Waals surface area contributed by atoms with Crippen LogP contribution in [-0.2, 0) is 0 Å². The van der Waals surface area contributed by atoms with Crippen LogP contribution in [0, 0.1) is 6.92 Å². The maximum Gasteiger partial charge on any atom is 0.262 e. The van der Waals surface area contributed by atoms with E-state index in [4.69, 9.17) is 16.3 Å². The number of ether oxygens (including phenoxy) is 1. The number of amides is 1. The third-order valence-corrected chi connectivity index (χ3v) is 6.23. The minimum absolute atomic E-state index is 0.0512. The molecule has 0 aliphatic rings. The molecule has 0 saturated carbocycles. The van der Waals surface area contributed by atoms with Gasteiger partial charge in [0, 0.05) is 16.6 Å². The van der Waals surface area contributed by atoms with Crippen molar-refractivity contribution in [3.63, 3.8) is 0 Å². The molecule has 4 nitrogen and oxygen atoms in total. The van der Waals surface area contributed by atoms with Crippen LogP contribution in [0.15, 0.2) is 42.5 Å². The van der Waals surface area contributed by atoms with Gasteiger partial charge in [-0.25, -0.2) is 0 Å². The summed E-state index contributed by atoms with van der Waals surface area (Å²) in [4.78, 5) is 15.4. The van der Waals surface area contributed by atoms with Gasteiger partial charge < -0.3 is 15.0 Å². The second-order valence-corrected chi connectivity index (χ2v) is 8.14. The Balaban J connectivity index is 1.77. The molecule has 1 aromatic heterocycles. The zero-order chi connectivity index (χ0) is 19.6. The smallest absolute Gasteiger partial charge is 0.262 e. The standard InChI is InChI=1S/C21H23ClN2O2S/c1-13-5-10-16-18(11-13)27-20(19(16)22)21(25)23-12-17(24(2)3)14-6-8-15(26-4)9-7-14/h5-11,17H,12H2,1-4H3,(H,23,25)/t17-/m0/s1. The number of likely N-dealkylation sites (N-methyl/N-ethyl adjacent to an activating group) is 1. The number of rotatable bonds is 6. The van der Waals surface area contributed by atoms with Crippen LogP contribution in [0.4, 0.5) is 0 Å². The second kappa shape index (κ2) is 8.30. The fraction of sp³-hybridized carbons (Fsp3) is 0.286. The Morgan fingerprint density at radius 2 is 1.93 bits per heavy atom. The second-order valence-electron chi connectivity index (χ2n) is 6.71. The first-order valence-electron chi connectivity index (χ1n) is 8.68. The van der Waals surface area contributed by atoms with Crippen LogP contribution < -0.4 is 10.1 Å². The van der Waals surface area contributed by atoms with E-state index in [-0.39, 0.29) is 11.9 Å². The average molecular weight is 403 g/mol. The van der Waals surface area contributed by atoms with Gasteiger partial charge in [0.2, 0.25) is 0 Å². The van der Waals surface area contributed by atoms with E-state index in [1.54, 1.807) is 7.11 Å². The predicted molar refractivity (Wildman–Crippen MR) is 113 cm³/mol. The van der Waals surface area contributed by atoms with Gasteiger partial charge in [0.25, 0.3) is 5.91 Å². The van der Waals surface area contributed by atoms with Crippen molar-refractivity contribution >= 4 is 38.9 Å². The number of hydrogen-bond donors (Lipinski definition) is 1. The fourth-order valence-electron chi connectivity index (χ4n) is 3.01. The summed E-state index contributed by atoms with van der Waals surface area (Å²) >= 11 is 7.89. The van der Waals surface area contributed by atoms with Crippen LogP contribution in [0.2, 0.25) is 5.02 Å². The lowest BCUT2D eigenvalue weighted by Gasteiger charge is -2.25. The molecule has 27 heavy (non-hydrogen) atoms. The summed E-state index contributed by atoms with van der Waals surface area (Å²) in [5.74, 6) is 0.673. The molecule has 0 fully saturated rings. The molecule has 1 amide bonds. The van der Waals surface area contributed by atoms with Crippen LogP contribution in [0.25, 0.3) is 10.1 Å². The highest BCUT2D eigenvalue weighted by atomic mass is 35.5. The number of benzene rings is 2. The van der Waals surface area contributed by atoms with Crippen molar-refractivity contribution in [3.05, 3.63) is 63.5 Å². The van der Waals surface area contributed by atoms with Crippen molar-refractivity contribution in [2.75, 3.05) is 27.7 Å². The number of hydrogen-bond acceptors (Lipinski definition) is 4. The maximum absolute atomic E-state index is 12.8. The van der Waals surface area contributed by atoms with Gasteiger partial charge in [0.05, 0.1) is 18.2 Å². The van der Waals surface area contributed by atoms with Gasteiger partial charge in [0.1, 0.15) is 10.6 Å². The Hall–Kier alpha value is -2.08. The number of carbonyl (C=O) groups is 1. The highest BCUT2D eigenvalue weighted by Crippen LogP contribution is 2.35. The molecule has 0 spiro atoms. The third kappa shape index (κ3) is 4.26. The molecule has 0 radical (unpaired) electrons. The lowest BCUT2D eigenvalue weighted by Crippen LogP contribution is -2.34. The first-order valence-corrected chi connectivity index (χ1v) is 9.87. The van der Waals surface area contributed by atoms with Crippen molar-refractivity contribution in [2.45, 2.75) is 13.0 Å². The molecule has 1 heterocycles. The van der Waals surface area contributed by atoms with Crippen molar-refractivity contribution in [3.8, 4) is 5.75 Å². The van der Waals surface area contributed by atoms with E-state index in [1.807, 2.05) is 57.4 Å². The molecule has 142 valence electrons. The normalized spacial score (nSPS) is 12.4. The molecule has 3 aromatic rings. The number of methoxy groups -OCH3 is 1. The van der Waals surface area contributed by atoms with Gasteiger partial charge in [-0.3, -0.25) is 4.79 Å². The Bertz CT molecular complexity index is 951. The SMILES string of the molecule is COc1ccc([C@H](CNC(=O)c2sc3cc(C)ccc3c2Cl)N(C)C)cc1. The lowest BCUT2D eigenvalue weighted by molar-refractivity contribution is 0.0946. The molecule has 0 saturated heterocycles. The molecule has 0 aliphatic heterocycles. The largest absolute Gasteiger partial charge is 0.497 e. The maximum atomic E-state index is 12.8. The van der Waals surface area contributed by atoms with Gasteiger partial charge in [-0.05, 0) is 50.3 Å². The summed E-state index contributed by atoms with van der Waals surface area (Å²) in [6.45, 7) is 2.52. The highest BCUT2D eigenvalue weighted by molar-refractivity contribution is 7.21. The highest BCUT2D eigenvalue weighted by Gasteiger charge is 2.20. The number of nitrogens with zero attached hydrogens (tertiary/aromatic N) is 1. The van der Waals surface area contributed by atoms with Crippen LogP contribution >= 0.6 is 22.9 Å². The monoisotopic (exact) mass is 402 g/mol.